The Hall–Kier alpha value is -2.40. The number of pyridine rings is 1. The molecule has 0 aliphatic carbocycles. The standard InChI is InChI=1S/C22H29N3O2/c1-18(2)20-3-5-21(6-4-20)27-17-22(26)25-15-13-24(14-16-25)12-9-19-7-10-23-11-8-19/h3-8,10-11,18H,9,12-17H2,1-2H3. The maximum Gasteiger partial charge on any atom is 0.260 e. The summed E-state index contributed by atoms with van der Waals surface area (Å²) in [4.78, 5) is 20.8. The van der Waals surface area contributed by atoms with Gasteiger partial charge in [-0.25, -0.2) is 0 Å². The van der Waals surface area contributed by atoms with Gasteiger partial charge in [0.05, 0.1) is 0 Å². The Labute approximate surface area is 162 Å². The molecule has 0 radical (unpaired) electrons. The predicted octanol–water partition coefficient (Wildman–Crippen LogP) is 2.97. The molecule has 0 atom stereocenters. The summed E-state index contributed by atoms with van der Waals surface area (Å²) in [6.07, 6.45) is 4.69. The highest BCUT2D eigenvalue weighted by molar-refractivity contribution is 5.77. The molecule has 0 bridgehead atoms. The van der Waals surface area contributed by atoms with Crippen LogP contribution in [0.3, 0.4) is 0 Å². The molecule has 5 nitrogen and oxygen atoms in total. The molecule has 0 spiro atoms. The van der Waals surface area contributed by atoms with Crippen molar-refractivity contribution in [2.24, 2.45) is 0 Å². The van der Waals surface area contributed by atoms with Gasteiger partial charge in [-0.1, -0.05) is 26.0 Å². The molecule has 1 saturated heterocycles. The molecule has 0 saturated carbocycles. The van der Waals surface area contributed by atoms with Gasteiger partial charge in [0.1, 0.15) is 5.75 Å². The maximum atomic E-state index is 12.4. The number of aromatic nitrogens is 1. The molecule has 5 heteroatoms. The molecule has 0 N–H and O–H groups in total. The summed E-state index contributed by atoms with van der Waals surface area (Å²) in [6.45, 7) is 8.82. The van der Waals surface area contributed by atoms with Crippen molar-refractivity contribution in [1.29, 1.82) is 0 Å². The first kappa shape index (κ1) is 19.4. The summed E-state index contributed by atoms with van der Waals surface area (Å²) < 4.78 is 5.68. The van der Waals surface area contributed by atoms with Crippen molar-refractivity contribution in [2.75, 3.05) is 39.3 Å². The van der Waals surface area contributed by atoms with Crippen molar-refractivity contribution < 1.29 is 9.53 Å². The highest BCUT2D eigenvalue weighted by atomic mass is 16.5. The largest absolute Gasteiger partial charge is 0.484 e. The van der Waals surface area contributed by atoms with Gasteiger partial charge in [0, 0.05) is 45.1 Å². The number of ether oxygens (including phenoxy) is 1. The summed E-state index contributed by atoms with van der Waals surface area (Å²) in [5.41, 5.74) is 2.58. The van der Waals surface area contributed by atoms with E-state index in [2.05, 4.69) is 48.0 Å². The number of piperazine rings is 1. The minimum atomic E-state index is 0.0664. The van der Waals surface area contributed by atoms with Gasteiger partial charge in [0.2, 0.25) is 0 Å². The minimum absolute atomic E-state index is 0.0664. The van der Waals surface area contributed by atoms with Crippen LogP contribution >= 0.6 is 0 Å². The van der Waals surface area contributed by atoms with Gasteiger partial charge in [-0.05, 0) is 47.7 Å². The van der Waals surface area contributed by atoms with Gasteiger partial charge in [0.15, 0.2) is 6.61 Å². The number of hydrogen-bond acceptors (Lipinski definition) is 4. The second-order valence-corrected chi connectivity index (χ2v) is 7.34. The van der Waals surface area contributed by atoms with E-state index in [-0.39, 0.29) is 12.5 Å². The first-order valence-corrected chi connectivity index (χ1v) is 9.73. The van der Waals surface area contributed by atoms with Gasteiger partial charge in [-0.3, -0.25) is 14.7 Å². The molecule has 1 amide bonds. The SMILES string of the molecule is CC(C)c1ccc(OCC(=O)N2CCN(CCc3ccncc3)CC2)cc1. The first-order valence-electron chi connectivity index (χ1n) is 9.73. The van der Waals surface area contributed by atoms with Crippen LogP contribution < -0.4 is 4.74 Å². The van der Waals surface area contributed by atoms with E-state index in [1.54, 1.807) is 0 Å². The molecule has 1 aromatic heterocycles. The van der Waals surface area contributed by atoms with Crippen molar-refractivity contribution in [3.05, 3.63) is 59.9 Å². The maximum absolute atomic E-state index is 12.4. The van der Waals surface area contributed by atoms with Crippen molar-refractivity contribution in [3.8, 4) is 5.75 Å². The molecule has 27 heavy (non-hydrogen) atoms. The van der Waals surface area contributed by atoms with E-state index in [0.717, 1.165) is 44.9 Å². The number of carbonyl (C=O) groups is 1. The third-order valence-electron chi connectivity index (χ3n) is 5.10. The van der Waals surface area contributed by atoms with Crippen LogP contribution in [0.4, 0.5) is 0 Å². The van der Waals surface area contributed by atoms with Crippen molar-refractivity contribution in [2.45, 2.75) is 26.2 Å². The lowest BCUT2D eigenvalue weighted by Crippen LogP contribution is -2.50. The highest BCUT2D eigenvalue weighted by Gasteiger charge is 2.21. The first-order chi connectivity index (χ1) is 13.1. The molecule has 1 aliphatic rings. The van der Waals surface area contributed by atoms with Crippen LogP contribution in [0.5, 0.6) is 5.75 Å². The van der Waals surface area contributed by atoms with Crippen LogP contribution in [0.15, 0.2) is 48.8 Å². The number of carbonyl (C=O) groups excluding carboxylic acids is 1. The van der Waals surface area contributed by atoms with Gasteiger partial charge >= 0.3 is 0 Å². The third kappa shape index (κ3) is 5.79. The zero-order chi connectivity index (χ0) is 19.1. The molecule has 3 rings (SSSR count). The smallest absolute Gasteiger partial charge is 0.260 e. The number of rotatable bonds is 7. The monoisotopic (exact) mass is 367 g/mol. The number of hydrogen-bond donors (Lipinski definition) is 0. The Bertz CT molecular complexity index is 708. The molecule has 1 aromatic carbocycles. The Kier molecular flexibility index (Phi) is 6.82. The van der Waals surface area contributed by atoms with Gasteiger partial charge in [-0.2, -0.15) is 0 Å². The summed E-state index contributed by atoms with van der Waals surface area (Å²) in [5.74, 6) is 1.32. The summed E-state index contributed by atoms with van der Waals surface area (Å²) in [7, 11) is 0. The molecular weight excluding hydrogens is 338 g/mol. The Balaban J connectivity index is 1.38. The second kappa shape index (κ2) is 9.51. The lowest BCUT2D eigenvalue weighted by Gasteiger charge is -2.34. The lowest BCUT2D eigenvalue weighted by atomic mass is 10.0. The summed E-state index contributed by atoms with van der Waals surface area (Å²) in [6, 6.07) is 12.1. The van der Waals surface area contributed by atoms with E-state index in [1.807, 2.05) is 29.4 Å². The van der Waals surface area contributed by atoms with Crippen LogP contribution in [0.1, 0.15) is 30.9 Å². The van der Waals surface area contributed by atoms with E-state index in [9.17, 15) is 4.79 Å². The van der Waals surface area contributed by atoms with E-state index in [0.29, 0.717) is 5.92 Å². The Morgan fingerprint density at radius 2 is 1.70 bits per heavy atom. The predicted molar refractivity (Wildman–Crippen MR) is 107 cm³/mol. The van der Waals surface area contributed by atoms with E-state index >= 15 is 0 Å². The van der Waals surface area contributed by atoms with Gasteiger partial charge in [-0.15, -0.1) is 0 Å². The quantitative estimate of drug-likeness (QED) is 0.755. The highest BCUT2D eigenvalue weighted by Crippen LogP contribution is 2.18. The fraction of sp³-hybridized carbons (Fsp3) is 0.455. The summed E-state index contributed by atoms with van der Waals surface area (Å²) in [5, 5.41) is 0. The fourth-order valence-corrected chi connectivity index (χ4v) is 3.24. The van der Waals surface area contributed by atoms with Gasteiger partial charge < -0.3 is 9.64 Å². The average Bonchev–Trinajstić information content (AvgIpc) is 2.72. The topological polar surface area (TPSA) is 45.7 Å². The van der Waals surface area contributed by atoms with Gasteiger partial charge in [0.25, 0.3) is 5.91 Å². The zero-order valence-electron chi connectivity index (χ0n) is 16.3. The average molecular weight is 367 g/mol. The van der Waals surface area contributed by atoms with Crippen molar-refractivity contribution in [1.82, 2.24) is 14.8 Å². The lowest BCUT2D eigenvalue weighted by molar-refractivity contribution is -0.135. The normalized spacial score (nSPS) is 15.1. The van der Waals surface area contributed by atoms with Crippen molar-refractivity contribution >= 4 is 5.91 Å². The van der Waals surface area contributed by atoms with Crippen LogP contribution in [-0.4, -0.2) is 60.0 Å². The number of nitrogens with zero attached hydrogens (tertiary/aromatic N) is 3. The van der Waals surface area contributed by atoms with Crippen LogP contribution in [0.25, 0.3) is 0 Å². The Morgan fingerprint density at radius 3 is 2.33 bits per heavy atom. The van der Waals surface area contributed by atoms with Crippen LogP contribution in [0.2, 0.25) is 0 Å². The van der Waals surface area contributed by atoms with Crippen molar-refractivity contribution in [3.63, 3.8) is 0 Å². The molecular formula is C22H29N3O2. The molecule has 144 valence electrons. The molecule has 2 heterocycles. The summed E-state index contributed by atoms with van der Waals surface area (Å²) >= 11 is 0. The second-order valence-electron chi connectivity index (χ2n) is 7.34. The molecule has 1 aliphatic heterocycles. The van der Waals surface area contributed by atoms with E-state index in [1.165, 1.54) is 11.1 Å². The zero-order valence-corrected chi connectivity index (χ0v) is 16.3. The number of amides is 1. The van der Waals surface area contributed by atoms with Crippen LogP contribution in [0, 0.1) is 0 Å². The van der Waals surface area contributed by atoms with Crippen LogP contribution in [-0.2, 0) is 11.2 Å². The minimum Gasteiger partial charge on any atom is -0.484 e. The molecule has 2 aromatic rings. The Morgan fingerprint density at radius 1 is 1.04 bits per heavy atom. The molecule has 1 fully saturated rings. The third-order valence-corrected chi connectivity index (χ3v) is 5.10. The van der Waals surface area contributed by atoms with E-state index < -0.39 is 0 Å². The molecule has 0 unspecified atom stereocenters. The van der Waals surface area contributed by atoms with E-state index in [4.69, 9.17) is 4.74 Å². The number of benzene rings is 1. The fourth-order valence-electron chi connectivity index (χ4n) is 3.24.